The number of rotatable bonds is 2. The number of aromatic nitrogens is 2. The summed E-state index contributed by atoms with van der Waals surface area (Å²) in [5.41, 5.74) is 0.585. The van der Waals surface area contributed by atoms with Crippen molar-refractivity contribution < 1.29 is 14.6 Å². The lowest BCUT2D eigenvalue weighted by atomic mass is 10.2. The molecule has 5 nitrogen and oxygen atoms in total. The van der Waals surface area contributed by atoms with E-state index in [1.54, 1.807) is 14.0 Å². The number of methoxy groups -OCH3 is 1. The van der Waals surface area contributed by atoms with E-state index in [4.69, 9.17) is 9.84 Å². The molecule has 0 amide bonds. The lowest BCUT2D eigenvalue weighted by Crippen LogP contribution is -2.01. The zero-order valence-electron chi connectivity index (χ0n) is 7.16. The first-order chi connectivity index (χ1) is 5.57. The molecule has 0 saturated heterocycles. The van der Waals surface area contributed by atoms with Gasteiger partial charge in [0.2, 0.25) is 5.88 Å². The van der Waals surface area contributed by atoms with Crippen molar-refractivity contribution in [3.8, 4) is 5.88 Å². The Kier molecular flexibility index (Phi) is 2.03. The van der Waals surface area contributed by atoms with Gasteiger partial charge in [-0.25, -0.2) is 9.48 Å². The molecule has 66 valence electrons. The summed E-state index contributed by atoms with van der Waals surface area (Å²) >= 11 is 0. The van der Waals surface area contributed by atoms with E-state index in [9.17, 15) is 4.79 Å². The van der Waals surface area contributed by atoms with Crippen LogP contribution in [0, 0.1) is 6.92 Å². The Bertz CT molecular complexity index is 317. The fourth-order valence-electron chi connectivity index (χ4n) is 1.12. The Morgan fingerprint density at radius 2 is 2.25 bits per heavy atom. The van der Waals surface area contributed by atoms with Crippen molar-refractivity contribution in [1.82, 2.24) is 9.78 Å². The van der Waals surface area contributed by atoms with Crippen molar-refractivity contribution in [3.63, 3.8) is 0 Å². The fourth-order valence-corrected chi connectivity index (χ4v) is 1.12. The normalized spacial score (nSPS) is 9.92. The molecule has 1 heterocycles. The minimum atomic E-state index is -1.02. The van der Waals surface area contributed by atoms with E-state index in [-0.39, 0.29) is 11.4 Å². The van der Waals surface area contributed by atoms with E-state index in [1.165, 1.54) is 11.8 Å². The smallest absolute Gasteiger partial charge is 0.343 e. The molecule has 1 aromatic rings. The lowest BCUT2D eigenvalue weighted by molar-refractivity contribution is 0.0692. The van der Waals surface area contributed by atoms with Crippen LogP contribution in [0.15, 0.2) is 0 Å². The summed E-state index contributed by atoms with van der Waals surface area (Å²) in [6, 6.07) is 0. The molecule has 1 aromatic heterocycles. The molecule has 1 N–H and O–H groups in total. The van der Waals surface area contributed by atoms with Gasteiger partial charge in [-0.3, -0.25) is 0 Å². The molecule has 5 heteroatoms. The number of carboxylic acid groups (broad SMARTS) is 1. The summed E-state index contributed by atoms with van der Waals surface area (Å²) in [6.45, 7) is 1.63. The second-order valence-electron chi connectivity index (χ2n) is 2.40. The highest BCUT2D eigenvalue weighted by atomic mass is 16.5. The van der Waals surface area contributed by atoms with Gasteiger partial charge in [0.05, 0.1) is 12.8 Å². The van der Waals surface area contributed by atoms with Crippen LogP contribution in [0.3, 0.4) is 0 Å². The molecule has 1 rings (SSSR count). The first-order valence-corrected chi connectivity index (χ1v) is 3.38. The molecule has 12 heavy (non-hydrogen) atoms. The van der Waals surface area contributed by atoms with E-state index in [2.05, 4.69) is 5.10 Å². The Hall–Kier alpha value is -1.52. The van der Waals surface area contributed by atoms with Crippen LogP contribution in [0.2, 0.25) is 0 Å². The molecule has 0 bridgehead atoms. The SMILES string of the molecule is COc1c(C(=O)O)c(C)nn1C. The summed E-state index contributed by atoms with van der Waals surface area (Å²) in [5.74, 6) is -0.738. The maximum Gasteiger partial charge on any atom is 0.343 e. The topological polar surface area (TPSA) is 64.3 Å². The molecule has 0 radical (unpaired) electrons. The van der Waals surface area contributed by atoms with Gasteiger partial charge in [0.25, 0.3) is 0 Å². The van der Waals surface area contributed by atoms with Crippen molar-refractivity contribution in [2.45, 2.75) is 6.92 Å². The standard InChI is InChI=1S/C7H10N2O3/c1-4-5(7(10)11)6(12-3)9(2)8-4/h1-3H3,(H,10,11). The molecular weight excluding hydrogens is 160 g/mol. The zero-order chi connectivity index (χ0) is 9.30. The number of aryl methyl sites for hydroxylation is 2. The minimum Gasteiger partial charge on any atom is -0.481 e. The van der Waals surface area contributed by atoms with E-state index >= 15 is 0 Å². The van der Waals surface area contributed by atoms with Gasteiger partial charge in [-0.1, -0.05) is 0 Å². The Balaban J connectivity index is 3.32. The third kappa shape index (κ3) is 1.13. The average Bonchev–Trinajstić information content (AvgIpc) is 2.24. The third-order valence-electron chi connectivity index (χ3n) is 1.58. The minimum absolute atomic E-state index is 0.125. The van der Waals surface area contributed by atoms with Crippen LogP contribution in [0.1, 0.15) is 16.1 Å². The number of aromatic carboxylic acids is 1. The predicted molar refractivity (Wildman–Crippen MR) is 41.5 cm³/mol. The van der Waals surface area contributed by atoms with Gasteiger partial charge in [-0.2, -0.15) is 5.10 Å². The van der Waals surface area contributed by atoms with Crippen LogP contribution in [0.5, 0.6) is 5.88 Å². The fraction of sp³-hybridized carbons (Fsp3) is 0.429. The summed E-state index contributed by atoms with van der Waals surface area (Å²) in [7, 11) is 3.06. The van der Waals surface area contributed by atoms with Crippen molar-refractivity contribution in [2.75, 3.05) is 7.11 Å². The maximum absolute atomic E-state index is 10.7. The molecule has 0 unspecified atom stereocenters. The predicted octanol–water partition coefficient (Wildman–Crippen LogP) is 0.435. The molecule has 0 aromatic carbocycles. The van der Waals surface area contributed by atoms with Gasteiger partial charge in [0.1, 0.15) is 5.56 Å². The van der Waals surface area contributed by atoms with Crippen LogP contribution in [-0.2, 0) is 7.05 Å². The van der Waals surface area contributed by atoms with Gasteiger partial charge >= 0.3 is 5.97 Å². The zero-order valence-corrected chi connectivity index (χ0v) is 7.16. The third-order valence-corrected chi connectivity index (χ3v) is 1.58. The summed E-state index contributed by atoms with van der Waals surface area (Å²) in [5, 5.41) is 12.7. The highest BCUT2D eigenvalue weighted by Crippen LogP contribution is 2.20. The van der Waals surface area contributed by atoms with Crippen molar-refractivity contribution in [2.24, 2.45) is 7.05 Å². The van der Waals surface area contributed by atoms with E-state index in [0.29, 0.717) is 5.69 Å². The van der Waals surface area contributed by atoms with Crippen molar-refractivity contribution >= 4 is 5.97 Å². The van der Waals surface area contributed by atoms with E-state index < -0.39 is 5.97 Å². The summed E-state index contributed by atoms with van der Waals surface area (Å²) < 4.78 is 6.28. The van der Waals surface area contributed by atoms with Crippen LogP contribution >= 0.6 is 0 Å². The van der Waals surface area contributed by atoms with Gasteiger partial charge < -0.3 is 9.84 Å². The molecule has 0 saturated carbocycles. The highest BCUT2D eigenvalue weighted by Gasteiger charge is 2.19. The number of carboxylic acids is 1. The lowest BCUT2D eigenvalue weighted by Gasteiger charge is -1.99. The van der Waals surface area contributed by atoms with Crippen LogP contribution < -0.4 is 4.74 Å². The van der Waals surface area contributed by atoms with Crippen molar-refractivity contribution in [3.05, 3.63) is 11.3 Å². The van der Waals surface area contributed by atoms with Crippen molar-refractivity contribution in [1.29, 1.82) is 0 Å². The van der Waals surface area contributed by atoms with Gasteiger partial charge in [-0.15, -0.1) is 0 Å². The highest BCUT2D eigenvalue weighted by molar-refractivity contribution is 5.91. The first-order valence-electron chi connectivity index (χ1n) is 3.38. The second kappa shape index (κ2) is 2.84. The van der Waals surface area contributed by atoms with Crippen LogP contribution in [0.25, 0.3) is 0 Å². The molecule has 0 aliphatic rings. The average molecular weight is 170 g/mol. The molecule has 0 spiro atoms. The maximum atomic E-state index is 10.7. The number of hydrogen-bond acceptors (Lipinski definition) is 3. The molecule has 0 aliphatic heterocycles. The Morgan fingerprint density at radius 3 is 2.58 bits per heavy atom. The van der Waals surface area contributed by atoms with Gasteiger partial charge in [0.15, 0.2) is 0 Å². The van der Waals surface area contributed by atoms with E-state index in [1.807, 2.05) is 0 Å². The second-order valence-corrected chi connectivity index (χ2v) is 2.40. The summed E-state index contributed by atoms with van der Waals surface area (Å²) in [4.78, 5) is 10.7. The summed E-state index contributed by atoms with van der Waals surface area (Å²) in [6.07, 6.45) is 0. The molecular formula is C7H10N2O3. The Labute approximate surface area is 69.6 Å². The van der Waals surface area contributed by atoms with Crippen LogP contribution in [0.4, 0.5) is 0 Å². The van der Waals surface area contributed by atoms with Crippen LogP contribution in [-0.4, -0.2) is 28.0 Å². The largest absolute Gasteiger partial charge is 0.481 e. The van der Waals surface area contributed by atoms with Gasteiger partial charge in [0, 0.05) is 7.05 Å². The molecule has 0 atom stereocenters. The molecule has 0 fully saturated rings. The monoisotopic (exact) mass is 170 g/mol. The molecule has 0 aliphatic carbocycles. The Morgan fingerprint density at radius 1 is 1.67 bits per heavy atom. The van der Waals surface area contributed by atoms with Gasteiger partial charge in [-0.05, 0) is 6.92 Å². The first kappa shape index (κ1) is 8.58. The number of carbonyl (C=O) groups is 1. The number of nitrogens with zero attached hydrogens (tertiary/aromatic N) is 2. The van der Waals surface area contributed by atoms with E-state index in [0.717, 1.165) is 0 Å². The number of ether oxygens (including phenoxy) is 1. The quantitative estimate of drug-likeness (QED) is 0.699. The number of hydrogen-bond donors (Lipinski definition) is 1.